The Labute approximate surface area is 99.7 Å². The van der Waals surface area contributed by atoms with E-state index < -0.39 is 20.5 Å². The number of aryl methyl sites for hydroxylation is 1. The van der Waals surface area contributed by atoms with Gasteiger partial charge in [-0.25, -0.2) is 0 Å². The zero-order valence-corrected chi connectivity index (χ0v) is 10.7. The lowest BCUT2D eigenvalue weighted by molar-refractivity contribution is 0.324. The van der Waals surface area contributed by atoms with E-state index in [0.29, 0.717) is 0 Å². The Morgan fingerprint density at radius 1 is 1.00 bits per heavy atom. The fourth-order valence-electron chi connectivity index (χ4n) is 0.710. The first kappa shape index (κ1) is 16.0. The highest BCUT2D eigenvalue weighted by molar-refractivity contribution is 7.85. The fraction of sp³-hybridized carbons (Fsp3) is 0.250. The first-order chi connectivity index (χ1) is 7.56. The van der Waals surface area contributed by atoms with Gasteiger partial charge < -0.3 is 0 Å². The molecule has 0 aliphatic rings. The Morgan fingerprint density at radius 3 is 1.59 bits per heavy atom. The lowest BCUT2D eigenvalue weighted by Gasteiger charge is -1.95. The van der Waals surface area contributed by atoms with Gasteiger partial charge in [0.2, 0.25) is 0 Å². The first-order valence-electron chi connectivity index (χ1n) is 4.13. The molecule has 0 atom stereocenters. The topological polar surface area (TPSA) is 118 Å². The van der Waals surface area contributed by atoms with E-state index in [-0.39, 0.29) is 4.90 Å². The van der Waals surface area contributed by atoms with Crippen molar-refractivity contribution in [3.8, 4) is 0 Å². The van der Waals surface area contributed by atoms with Crippen molar-refractivity contribution in [3.05, 3.63) is 29.8 Å². The largest absolute Gasteiger partial charge is 0.397 e. The monoisotopic (exact) mass is 284 g/mol. The van der Waals surface area contributed by atoms with Crippen molar-refractivity contribution in [1.82, 2.24) is 0 Å². The van der Waals surface area contributed by atoms with Crippen LogP contribution in [0.15, 0.2) is 29.2 Å². The normalized spacial score (nSPS) is 11.5. The van der Waals surface area contributed by atoms with Crippen LogP contribution in [0.1, 0.15) is 5.56 Å². The highest BCUT2D eigenvalue weighted by Crippen LogP contribution is 2.08. The third kappa shape index (κ3) is 7.82. The third-order valence-electron chi connectivity index (χ3n) is 1.53. The van der Waals surface area contributed by atoms with Crippen LogP contribution >= 0.6 is 0 Å². The molecule has 0 aliphatic carbocycles. The number of hydrogen-bond acceptors (Lipinski definition) is 5. The lowest BCUT2D eigenvalue weighted by Crippen LogP contribution is -1.96. The zero-order valence-electron chi connectivity index (χ0n) is 9.06. The molecule has 0 spiro atoms. The molecule has 0 amide bonds. The Hall–Kier alpha value is -1.00. The van der Waals surface area contributed by atoms with Gasteiger partial charge in [-0.1, -0.05) is 17.7 Å². The summed E-state index contributed by atoms with van der Waals surface area (Å²) in [5, 5.41) is 0. The zero-order chi connectivity index (χ0) is 13.7. The van der Waals surface area contributed by atoms with Gasteiger partial charge in [-0.3, -0.25) is 13.3 Å². The van der Waals surface area contributed by atoms with Gasteiger partial charge in [0.05, 0.1) is 12.0 Å². The van der Waals surface area contributed by atoms with Crippen LogP contribution in [0.25, 0.3) is 0 Å². The van der Waals surface area contributed by atoms with Crippen LogP contribution in [0.4, 0.5) is 0 Å². The van der Waals surface area contributed by atoms with Crippen molar-refractivity contribution < 1.29 is 30.1 Å². The summed E-state index contributed by atoms with van der Waals surface area (Å²) in [6, 6.07) is 5.99. The van der Waals surface area contributed by atoms with E-state index in [1.54, 1.807) is 12.1 Å². The van der Waals surface area contributed by atoms with Gasteiger partial charge in [0.15, 0.2) is 0 Å². The van der Waals surface area contributed by atoms with Gasteiger partial charge in [-0.05, 0) is 19.1 Å². The van der Waals surface area contributed by atoms with Crippen molar-refractivity contribution in [2.24, 2.45) is 0 Å². The molecule has 98 valence electrons. The van der Waals surface area contributed by atoms with Crippen LogP contribution in [0, 0.1) is 6.92 Å². The Morgan fingerprint density at radius 2 is 1.35 bits per heavy atom. The fourth-order valence-corrected chi connectivity index (χ4v) is 1.19. The quantitative estimate of drug-likeness (QED) is 0.766. The summed E-state index contributed by atoms with van der Waals surface area (Å²) < 4.78 is 59.3. The van der Waals surface area contributed by atoms with Gasteiger partial charge in [-0.2, -0.15) is 16.8 Å². The van der Waals surface area contributed by atoms with Crippen molar-refractivity contribution in [1.29, 1.82) is 0 Å². The molecule has 0 unspecified atom stereocenters. The molecule has 0 aliphatic heterocycles. The second-order valence-electron chi connectivity index (χ2n) is 2.88. The molecule has 0 fully saturated rings. The molecule has 0 radical (unpaired) electrons. The summed E-state index contributed by atoms with van der Waals surface area (Å²) in [5.74, 6) is 0. The molecule has 1 aromatic rings. The predicted molar refractivity (Wildman–Crippen MR) is 59.6 cm³/mol. The highest BCUT2D eigenvalue weighted by atomic mass is 32.3. The van der Waals surface area contributed by atoms with Gasteiger partial charge in [0.1, 0.15) is 0 Å². The van der Waals surface area contributed by atoms with E-state index in [2.05, 4.69) is 4.18 Å². The molecule has 1 rings (SSSR count). The average Bonchev–Trinajstić information content (AvgIpc) is 2.17. The molecule has 0 saturated heterocycles. The van der Waals surface area contributed by atoms with Crippen molar-refractivity contribution in [2.75, 3.05) is 7.11 Å². The molecule has 0 aromatic heterocycles. The number of rotatable bonds is 2. The summed E-state index contributed by atoms with van der Waals surface area (Å²) in [6.45, 7) is 1.84. The first-order valence-corrected chi connectivity index (χ1v) is 6.94. The van der Waals surface area contributed by atoms with Crippen LogP contribution < -0.4 is 0 Å². The number of hydrogen-bond donors (Lipinski definition) is 2. The summed E-state index contributed by atoms with van der Waals surface area (Å²) in [4.78, 5) is -0.0666. The maximum absolute atomic E-state index is 10.5. The van der Waals surface area contributed by atoms with Gasteiger partial charge >= 0.3 is 10.4 Å². The maximum Gasteiger partial charge on any atom is 0.397 e. The smallest absolute Gasteiger partial charge is 0.282 e. The van der Waals surface area contributed by atoms with E-state index in [1.807, 2.05) is 6.92 Å². The minimum atomic E-state index is -4.16. The molecule has 0 saturated carbocycles. The highest BCUT2D eigenvalue weighted by Gasteiger charge is 2.06. The lowest BCUT2D eigenvalue weighted by atomic mass is 10.2. The SMILES string of the molecule is COS(=O)(=O)O.Cc1ccc(S(=O)(=O)O)cc1. The Balaban J connectivity index is 0.000000366. The van der Waals surface area contributed by atoms with Crippen LogP contribution in [0.2, 0.25) is 0 Å². The molecule has 9 heteroatoms. The minimum absolute atomic E-state index is 0.0666. The summed E-state index contributed by atoms with van der Waals surface area (Å²) in [7, 11) is -7.31. The summed E-state index contributed by atoms with van der Waals surface area (Å²) >= 11 is 0. The second kappa shape index (κ2) is 6.07. The van der Waals surface area contributed by atoms with Gasteiger partial charge in [0.25, 0.3) is 10.1 Å². The van der Waals surface area contributed by atoms with Crippen LogP contribution in [-0.4, -0.2) is 33.1 Å². The van der Waals surface area contributed by atoms with E-state index in [9.17, 15) is 16.8 Å². The Kier molecular flexibility index (Phi) is 5.72. The maximum atomic E-state index is 10.5. The average molecular weight is 284 g/mol. The standard InChI is InChI=1S/C7H8O3S.CH4O4S/c1-6-2-4-7(5-3-6)11(8,9)10;1-5-6(2,3)4/h2-5H,1H3,(H,8,9,10);1H3,(H,2,3,4). The molecule has 17 heavy (non-hydrogen) atoms. The molecule has 0 bridgehead atoms. The van der Waals surface area contributed by atoms with Gasteiger partial charge in [-0.15, -0.1) is 0 Å². The summed E-state index contributed by atoms with van der Waals surface area (Å²) in [6.07, 6.45) is 0. The Bertz CT molecular complexity index is 542. The molecular formula is C8H12O7S2. The van der Waals surface area contributed by atoms with E-state index in [4.69, 9.17) is 9.11 Å². The van der Waals surface area contributed by atoms with Crippen molar-refractivity contribution in [2.45, 2.75) is 11.8 Å². The van der Waals surface area contributed by atoms with Crippen molar-refractivity contribution in [3.63, 3.8) is 0 Å². The van der Waals surface area contributed by atoms with Crippen LogP contribution in [-0.2, 0) is 24.7 Å². The van der Waals surface area contributed by atoms with Crippen LogP contribution in [0.3, 0.4) is 0 Å². The van der Waals surface area contributed by atoms with E-state index in [0.717, 1.165) is 12.7 Å². The predicted octanol–water partition coefficient (Wildman–Crippen LogP) is 0.677. The van der Waals surface area contributed by atoms with Crippen molar-refractivity contribution >= 4 is 20.5 Å². The second-order valence-corrected chi connectivity index (χ2v) is 5.49. The number of benzene rings is 1. The molecule has 0 heterocycles. The van der Waals surface area contributed by atoms with Gasteiger partial charge in [0, 0.05) is 0 Å². The molecule has 2 N–H and O–H groups in total. The minimum Gasteiger partial charge on any atom is -0.282 e. The van der Waals surface area contributed by atoms with E-state index >= 15 is 0 Å². The molecule has 1 aromatic carbocycles. The molecule has 7 nitrogen and oxygen atoms in total. The summed E-state index contributed by atoms with van der Waals surface area (Å²) in [5.41, 5.74) is 0.956. The van der Waals surface area contributed by atoms with E-state index in [1.165, 1.54) is 12.1 Å². The third-order valence-corrected chi connectivity index (χ3v) is 2.82. The van der Waals surface area contributed by atoms with Crippen LogP contribution in [0.5, 0.6) is 0 Å². The molecular weight excluding hydrogens is 272 g/mol.